The standard InChI is InChI=1S/C21H27N3O3/c1-21(2,3)16-7-11-18(12-8-16)27-14-4-13-23-20(26)24-19(25)15-5-9-17(22)10-6-15/h5-12H,4,13-14,22H2,1-3H3,(H2,23,24,25,26). The Kier molecular flexibility index (Phi) is 6.82. The van der Waals surface area contributed by atoms with Gasteiger partial charge in [0.05, 0.1) is 6.61 Å². The fourth-order valence-electron chi connectivity index (χ4n) is 2.37. The molecule has 0 fully saturated rings. The summed E-state index contributed by atoms with van der Waals surface area (Å²) in [6.45, 7) is 7.37. The van der Waals surface area contributed by atoms with E-state index < -0.39 is 11.9 Å². The first kappa shape index (κ1) is 20.3. The molecule has 0 heterocycles. The monoisotopic (exact) mass is 369 g/mol. The molecule has 6 heteroatoms. The Bertz CT molecular complexity index is 763. The molecule has 3 amide bonds. The minimum atomic E-state index is -0.536. The molecular weight excluding hydrogens is 342 g/mol. The molecule has 0 saturated heterocycles. The van der Waals surface area contributed by atoms with Crippen LogP contribution >= 0.6 is 0 Å². The van der Waals surface area contributed by atoms with Crippen molar-refractivity contribution in [2.45, 2.75) is 32.6 Å². The highest BCUT2D eigenvalue weighted by atomic mass is 16.5. The number of benzene rings is 2. The predicted molar refractivity (Wildman–Crippen MR) is 107 cm³/mol. The van der Waals surface area contributed by atoms with E-state index in [0.717, 1.165) is 5.75 Å². The molecule has 6 nitrogen and oxygen atoms in total. The van der Waals surface area contributed by atoms with Crippen molar-refractivity contribution in [3.05, 3.63) is 59.7 Å². The lowest BCUT2D eigenvalue weighted by atomic mass is 9.87. The van der Waals surface area contributed by atoms with Crippen molar-refractivity contribution < 1.29 is 14.3 Å². The number of ether oxygens (including phenoxy) is 1. The number of anilines is 1. The second-order valence-corrected chi connectivity index (χ2v) is 7.31. The third-order valence-electron chi connectivity index (χ3n) is 4.00. The molecular formula is C21H27N3O3. The average molecular weight is 369 g/mol. The number of amides is 3. The molecule has 2 aromatic rings. The number of nitrogen functional groups attached to an aromatic ring is 1. The smallest absolute Gasteiger partial charge is 0.321 e. The highest BCUT2D eigenvalue weighted by Gasteiger charge is 2.13. The number of nitrogens with two attached hydrogens (primary N) is 1. The van der Waals surface area contributed by atoms with Crippen molar-refractivity contribution in [3.8, 4) is 5.75 Å². The summed E-state index contributed by atoms with van der Waals surface area (Å²) in [6, 6.07) is 13.8. The maximum absolute atomic E-state index is 11.9. The van der Waals surface area contributed by atoms with E-state index >= 15 is 0 Å². The molecule has 0 spiro atoms. The summed E-state index contributed by atoms with van der Waals surface area (Å²) in [5.74, 6) is 0.327. The van der Waals surface area contributed by atoms with Crippen molar-refractivity contribution in [1.82, 2.24) is 10.6 Å². The maximum Gasteiger partial charge on any atom is 0.321 e. The molecule has 144 valence electrons. The molecule has 0 bridgehead atoms. The second-order valence-electron chi connectivity index (χ2n) is 7.31. The molecule has 0 aliphatic heterocycles. The Balaban J connectivity index is 1.65. The first-order valence-electron chi connectivity index (χ1n) is 8.94. The predicted octanol–water partition coefficient (Wildman–Crippen LogP) is 3.47. The van der Waals surface area contributed by atoms with Gasteiger partial charge < -0.3 is 15.8 Å². The van der Waals surface area contributed by atoms with Gasteiger partial charge in [0.2, 0.25) is 0 Å². The number of imide groups is 1. The molecule has 0 saturated carbocycles. The third-order valence-corrected chi connectivity index (χ3v) is 4.00. The van der Waals surface area contributed by atoms with E-state index in [1.54, 1.807) is 24.3 Å². The zero-order valence-corrected chi connectivity index (χ0v) is 16.0. The quantitative estimate of drug-likeness (QED) is 0.537. The molecule has 27 heavy (non-hydrogen) atoms. The minimum absolute atomic E-state index is 0.111. The Labute approximate surface area is 160 Å². The van der Waals surface area contributed by atoms with Gasteiger partial charge in [-0.2, -0.15) is 0 Å². The fraction of sp³-hybridized carbons (Fsp3) is 0.333. The van der Waals surface area contributed by atoms with Crippen molar-refractivity contribution in [3.63, 3.8) is 0 Å². The molecule has 2 aromatic carbocycles. The van der Waals surface area contributed by atoms with Gasteiger partial charge in [0.25, 0.3) is 5.91 Å². The zero-order valence-electron chi connectivity index (χ0n) is 16.0. The van der Waals surface area contributed by atoms with E-state index in [4.69, 9.17) is 10.5 Å². The number of carbonyl (C=O) groups excluding carboxylic acids is 2. The van der Waals surface area contributed by atoms with Crippen LogP contribution in [0, 0.1) is 0 Å². The first-order chi connectivity index (χ1) is 12.8. The Hall–Kier alpha value is -3.02. The summed E-state index contributed by atoms with van der Waals surface area (Å²) in [5.41, 5.74) is 7.86. The first-order valence-corrected chi connectivity index (χ1v) is 8.94. The van der Waals surface area contributed by atoms with E-state index in [2.05, 4.69) is 43.5 Å². The Morgan fingerprint density at radius 3 is 2.22 bits per heavy atom. The summed E-state index contributed by atoms with van der Waals surface area (Å²) < 4.78 is 5.67. The maximum atomic E-state index is 11.9. The van der Waals surface area contributed by atoms with Crippen molar-refractivity contribution in [2.24, 2.45) is 0 Å². The van der Waals surface area contributed by atoms with Crippen LogP contribution in [-0.4, -0.2) is 25.1 Å². The summed E-state index contributed by atoms with van der Waals surface area (Å²) in [7, 11) is 0. The molecule has 0 aromatic heterocycles. The largest absolute Gasteiger partial charge is 0.494 e. The molecule has 0 aliphatic rings. The van der Waals surface area contributed by atoms with Gasteiger partial charge >= 0.3 is 6.03 Å². The zero-order chi connectivity index (χ0) is 19.9. The SMILES string of the molecule is CC(C)(C)c1ccc(OCCCNC(=O)NC(=O)c2ccc(N)cc2)cc1. The number of hydrogen-bond acceptors (Lipinski definition) is 4. The van der Waals surface area contributed by atoms with E-state index in [-0.39, 0.29) is 5.41 Å². The number of nitrogens with one attached hydrogen (secondary N) is 2. The lowest BCUT2D eigenvalue weighted by Gasteiger charge is -2.19. The highest BCUT2D eigenvalue weighted by Crippen LogP contribution is 2.24. The van der Waals surface area contributed by atoms with Gasteiger partial charge in [0.15, 0.2) is 0 Å². The van der Waals surface area contributed by atoms with Gasteiger partial charge in [0.1, 0.15) is 5.75 Å². The summed E-state index contributed by atoms with van der Waals surface area (Å²) in [5, 5.41) is 4.91. The van der Waals surface area contributed by atoms with E-state index in [1.165, 1.54) is 5.56 Å². The van der Waals surface area contributed by atoms with Crippen LogP contribution in [0.3, 0.4) is 0 Å². The van der Waals surface area contributed by atoms with Gasteiger partial charge in [-0.05, 0) is 53.8 Å². The Morgan fingerprint density at radius 2 is 1.63 bits per heavy atom. The second kappa shape index (κ2) is 9.07. The molecule has 0 aliphatic carbocycles. The number of hydrogen-bond donors (Lipinski definition) is 3. The van der Waals surface area contributed by atoms with Crippen LogP contribution in [0.4, 0.5) is 10.5 Å². The van der Waals surface area contributed by atoms with Gasteiger partial charge in [-0.3, -0.25) is 10.1 Å². The highest BCUT2D eigenvalue weighted by molar-refractivity contribution is 6.04. The van der Waals surface area contributed by atoms with Crippen LogP contribution in [-0.2, 0) is 5.41 Å². The van der Waals surface area contributed by atoms with Crippen molar-refractivity contribution in [2.75, 3.05) is 18.9 Å². The van der Waals surface area contributed by atoms with Crippen LogP contribution in [0.15, 0.2) is 48.5 Å². The van der Waals surface area contributed by atoms with Crippen molar-refractivity contribution >= 4 is 17.6 Å². The third kappa shape index (κ3) is 6.66. The minimum Gasteiger partial charge on any atom is -0.494 e. The van der Waals surface area contributed by atoms with Gasteiger partial charge in [-0.15, -0.1) is 0 Å². The lowest BCUT2D eigenvalue weighted by Crippen LogP contribution is -2.40. The van der Waals surface area contributed by atoms with E-state index in [9.17, 15) is 9.59 Å². The van der Waals surface area contributed by atoms with Crippen LogP contribution in [0.5, 0.6) is 5.75 Å². The van der Waals surface area contributed by atoms with Crippen molar-refractivity contribution in [1.29, 1.82) is 0 Å². The van der Waals surface area contributed by atoms with Gasteiger partial charge in [0, 0.05) is 17.8 Å². The van der Waals surface area contributed by atoms with Crippen LogP contribution in [0.25, 0.3) is 0 Å². The van der Waals surface area contributed by atoms with Gasteiger partial charge in [-0.25, -0.2) is 4.79 Å². The summed E-state index contributed by atoms with van der Waals surface area (Å²) in [4.78, 5) is 23.7. The molecule has 0 atom stereocenters. The van der Waals surface area contributed by atoms with Gasteiger partial charge in [-0.1, -0.05) is 32.9 Å². The number of rotatable bonds is 6. The molecule has 0 radical (unpaired) electrons. The lowest BCUT2D eigenvalue weighted by molar-refractivity contribution is 0.0964. The van der Waals surface area contributed by atoms with Crippen LogP contribution in [0.2, 0.25) is 0 Å². The van der Waals surface area contributed by atoms with Crippen LogP contribution in [0.1, 0.15) is 43.1 Å². The van der Waals surface area contributed by atoms with E-state index in [0.29, 0.717) is 30.8 Å². The number of carbonyl (C=O) groups is 2. The average Bonchev–Trinajstić information content (AvgIpc) is 2.61. The topological polar surface area (TPSA) is 93.5 Å². The fourth-order valence-corrected chi connectivity index (χ4v) is 2.37. The number of urea groups is 1. The van der Waals surface area contributed by atoms with E-state index in [1.807, 2.05) is 12.1 Å². The summed E-state index contributed by atoms with van der Waals surface area (Å²) >= 11 is 0. The molecule has 0 unspecified atom stereocenters. The normalized spacial score (nSPS) is 10.9. The molecule has 4 N–H and O–H groups in total. The Morgan fingerprint density at radius 1 is 1.00 bits per heavy atom. The molecule has 2 rings (SSSR count). The summed E-state index contributed by atoms with van der Waals surface area (Å²) in [6.07, 6.45) is 0.629. The van der Waals surface area contributed by atoms with Crippen LogP contribution < -0.4 is 21.1 Å².